The lowest BCUT2D eigenvalue weighted by Crippen LogP contribution is -2.57. The third kappa shape index (κ3) is 1.93. The Kier molecular flexibility index (Phi) is 2.86. The number of rotatable bonds is 1. The van der Waals surface area contributed by atoms with Crippen LogP contribution in [0.5, 0.6) is 0 Å². The van der Waals surface area contributed by atoms with Gasteiger partial charge in [0.2, 0.25) is 0 Å². The molecular formula is C15H20N2O. The number of piperidine rings is 2. The van der Waals surface area contributed by atoms with E-state index in [2.05, 4.69) is 42.3 Å². The topological polar surface area (TPSA) is 32.3 Å². The molecule has 0 aliphatic carbocycles. The molecule has 3 rings (SSSR count). The highest BCUT2D eigenvalue weighted by Crippen LogP contribution is 2.27. The lowest BCUT2D eigenvalue weighted by atomic mass is 9.84. The largest absolute Gasteiger partial charge is 0.370 e. The van der Waals surface area contributed by atoms with Gasteiger partial charge in [0.05, 0.1) is 0 Å². The zero-order valence-corrected chi connectivity index (χ0v) is 11.1. The molecular weight excluding hydrogens is 224 g/mol. The summed E-state index contributed by atoms with van der Waals surface area (Å²) in [6, 6.07) is 6.60. The normalized spacial score (nSPS) is 27.4. The summed E-state index contributed by atoms with van der Waals surface area (Å²) in [5.74, 6) is 0.826. The van der Waals surface area contributed by atoms with Crippen LogP contribution in [0.15, 0.2) is 18.2 Å². The van der Waals surface area contributed by atoms with Crippen molar-refractivity contribution in [3.63, 3.8) is 0 Å². The summed E-state index contributed by atoms with van der Waals surface area (Å²) in [4.78, 5) is 14.4. The van der Waals surface area contributed by atoms with Gasteiger partial charge in [0.25, 0.3) is 0 Å². The Morgan fingerprint density at radius 3 is 2.39 bits per heavy atom. The van der Waals surface area contributed by atoms with Crippen molar-refractivity contribution >= 4 is 11.5 Å². The van der Waals surface area contributed by atoms with Gasteiger partial charge >= 0.3 is 0 Å². The predicted octanol–water partition coefficient (Wildman–Crippen LogP) is 1.53. The molecule has 0 radical (unpaired) electrons. The van der Waals surface area contributed by atoms with Gasteiger partial charge in [0.1, 0.15) is 5.78 Å². The van der Waals surface area contributed by atoms with Crippen molar-refractivity contribution in [3.8, 4) is 0 Å². The molecule has 3 nitrogen and oxygen atoms in total. The van der Waals surface area contributed by atoms with Crippen LogP contribution in [0.1, 0.15) is 11.1 Å². The molecule has 0 saturated carbocycles. The number of hydrogen-bond donors (Lipinski definition) is 1. The molecule has 2 aliphatic heterocycles. The zero-order valence-electron chi connectivity index (χ0n) is 11.1. The van der Waals surface area contributed by atoms with E-state index < -0.39 is 0 Å². The number of fused-ring (bicyclic) bond motifs is 2. The Hall–Kier alpha value is -1.35. The van der Waals surface area contributed by atoms with Gasteiger partial charge in [-0.3, -0.25) is 4.79 Å². The first-order chi connectivity index (χ1) is 8.65. The van der Waals surface area contributed by atoms with Crippen LogP contribution in [0.2, 0.25) is 0 Å². The van der Waals surface area contributed by atoms with E-state index in [0.29, 0.717) is 5.78 Å². The molecule has 2 bridgehead atoms. The number of benzene rings is 1. The molecule has 0 aromatic heterocycles. The summed E-state index contributed by atoms with van der Waals surface area (Å²) in [5, 5.41) is 3.36. The molecule has 3 heteroatoms. The number of Topliss-reactive ketones (excluding diaryl/α,β-unsaturated/α-hetero) is 1. The molecule has 2 atom stereocenters. The van der Waals surface area contributed by atoms with Crippen molar-refractivity contribution in [2.45, 2.75) is 13.8 Å². The fourth-order valence-electron chi connectivity index (χ4n) is 3.02. The van der Waals surface area contributed by atoms with Gasteiger partial charge in [0.15, 0.2) is 0 Å². The van der Waals surface area contributed by atoms with Crippen molar-refractivity contribution < 1.29 is 4.79 Å². The molecule has 1 N–H and O–H groups in total. The second-order valence-corrected chi connectivity index (χ2v) is 5.63. The minimum atomic E-state index is 0.180. The standard InChI is InChI=1S/C15H20N2O/c1-10-3-4-14(5-11(10)2)17-8-12-6-16-7-13(9-17)15(12)18/h3-5,12-13,16H,6-9H2,1-2H3. The van der Waals surface area contributed by atoms with Crippen LogP contribution in [0.3, 0.4) is 0 Å². The van der Waals surface area contributed by atoms with Crippen LogP contribution >= 0.6 is 0 Å². The summed E-state index contributed by atoms with van der Waals surface area (Å²) < 4.78 is 0. The molecule has 2 aliphatic rings. The Labute approximate surface area is 108 Å². The highest BCUT2D eigenvalue weighted by atomic mass is 16.1. The summed E-state index contributed by atoms with van der Waals surface area (Å²) in [5.41, 5.74) is 3.92. The molecule has 2 fully saturated rings. The van der Waals surface area contributed by atoms with Crippen LogP contribution in [0.4, 0.5) is 5.69 Å². The summed E-state index contributed by atoms with van der Waals surface area (Å²) in [6.45, 7) is 7.71. The Bertz CT molecular complexity index is 467. The molecule has 1 aromatic rings. The number of nitrogens with one attached hydrogen (secondary N) is 1. The van der Waals surface area contributed by atoms with Gasteiger partial charge in [-0.15, -0.1) is 0 Å². The maximum absolute atomic E-state index is 12.0. The molecule has 0 spiro atoms. The van der Waals surface area contributed by atoms with E-state index in [1.807, 2.05) is 0 Å². The van der Waals surface area contributed by atoms with Crippen molar-refractivity contribution in [3.05, 3.63) is 29.3 Å². The van der Waals surface area contributed by atoms with E-state index in [0.717, 1.165) is 26.2 Å². The van der Waals surface area contributed by atoms with Crippen molar-refractivity contribution in [2.24, 2.45) is 11.8 Å². The fraction of sp³-hybridized carbons (Fsp3) is 0.533. The molecule has 2 unspecified atom stereocenters. The van der Waals surface area contributed by atoms with Crippen LogP contribution in [-0.2, 0) is 4.79 Å². The summed E-state index contributed by atoms with van der Waals surface area (Å²) >= 11 is 0. The van der Waals surface area contributed by atoms with E-state index in [4.69, 9.17) is 0 Å². The first-order valence-electron chi connectivity index (χ1n) is 6.72. The number of ketones is 1. The number of nitrogens with zero attached hydrogens (tertiary/aromatic N) is 1. The summed E-state index contributed by atoms with van der Waals surface area (Å²) in [7, 11) is 0. The van der Waals surface area contributed by atoms with Crippen LogP contribution < -0.4 is 10.2 Å². The molecule has 0 amide bonds. The summed E-state index contributed by atoms with van der Waals surface area (Å²) in [6.07, 6.45) is 0. The van der Waals surface area contributed by atoms with E-state index in [1.54, 1.807) is 0 Å². The van der Waals surface area contributed by atoms with Crippen molar-refractivity contribution in [1.29, 1.82) is 0 Å². The second-order valence-electron chi connectivity index (χ2n) is 5.63. The van der Waals surface area contributed by atoms with Gasteiger partial charge in [0, 0.05) is 43.7 Å². The molecule has 18 heavy (non-hydrogen) atoms. The van der Waals surface area contributed by atoms with Gasteiger partial charge in [-0.1, -0.05) is 6.07 Å². The first-order valence-corrected chi connectivity index (χ1v) is 6.72. The number of carbonyl (C=O) groups is 1. The molecule has 2 heterocycles. The minimum absolute atomic E-state index is 0.180. The number of aryl methyl sites for hydroxylation is 2. The molecule has 96 valence electrons. The third-order valence-electron chi connectivity index (χ3n) is 4.32. The third-order valence-corrected chi connectivity index (χ3v) is 4.32. The number of anilines is 1. The van der Waals surface area contributed by atoms with Gasteiger partial charge in [-0.25, -0.2) is 0 Å². The average molecular weight is 244 g/mol. The lowest BCUT2D eigenvalue weighted by Gasteiger charge is -2.41. The number of hydrogen-bond acceptors (Lipinski definition) is 3. The quantitative estimate of drug-likeness (QED) is 0.813. The predicted molar refractivity (Wildman–Crippen MR) is 73.0 cm³/mol. The molecule has 1 aromatic carbocycles. The van der Waals surface area contributed by atoms with Gasteiger partial charge in [-0.2, -0.15) is 0 Å². The van der Waals surface area contributed by atoms with Gasteiger partial charge < -0.3 is 10.2 Å². The maximum Gasteiger partial charge on any atom is 0.145 e. The van der Waals surface area contributed by atoms with E-state index in [-0.39, 0.29) is 11.8 Å². The SMILES string of the molecule is Cc1ccc(N2CC3CNCC(C2)C3=O)cc1C. The highest BCUT2D eigenvalue weighted by Gasteiger charge is 2.37. The van der Waals surface area contributed by atoms with Crippen LogP contribution in [0, 0.1) is 25.7 Å². The van der Waals surface area contributed by atoms with E-state index in [9.17, 15) is 4.79 Å². The van der Waals surface area contributed by atoms with Crippen LogP contribution in [-0.4, -0.2) is 32.0 Å². The zero-order chi connectivity index (χ0) is 12.7. The Morgan fingerprint density at radius 2 is 1.78 bits per heavy atom. The first kappa shape index (κ1) is 11.7. The van der Waals surface area contributed by atoms with E-state index in [1.165, 1.54) is 16.8 Å². The Balaban J connectivity index is 1.85. The minimum Gasteiger partial charge on any atom is -0.370 e. The van der Waals surface area contributed by atoms with Crippen LogP contribution in [0.25, 0.3) is 0 Å². The second kappa shape index (κ2) is 4.39. The van der Waals surface area contributed by atoms with Crippen molar-refractivity contribution in [1.82, 2.24) is 5.32 Å². The fourth-order valence-corrected chi connectivity index (χ4v) is 3.02. The Morgan fingerprint density at radius 1 is 1.11 bits per heavy atom. The van der Waals surface area contributed by atoms with Gasteiger partial charge in [-0.05, 0) is 37.1 Å². The maximum atomic E-state index is 12.0. The molecule has 2 saturated heterocycles. The monoisotopic (exact) mass is 244 g/mol. The van der Waals surface area contributed by atoms with Crippen molar-refractivity contribution in [2.75, 3.05) is 31.1 Å². The highest BCUT2D eigenvalue weighted by molar-refractivity contribution is 5.87. The van der Waals surface area contributed by atoms with E-state index >= 15 is 0 Å². The average Bonchev–Trinajstić information content (AvgIpc) is 2.32. The number of carbonyl (C=O) groups excluding carboxylic acids is 1. The lowest BCUT2D eigenvalue weighted by molar-refractivity contribution is -0.129. The smallest absolute Gasteiger partial charge is 0.145 e.